The summed E-state index contributed by atoms with van der Waals surface area (Å²) in [6.45, 7) is 2.25. The first-order valence-corrected chi connectivity index (χ1v) is 4.82. The summed E-state index contributed by atoms with van der Waals surface area (Å²) in [6, 6.07) is 0. The van der Waals surface area contributed by atoms with Gasteiger partial charge in [0.05, 0.1) is 5.60 Å². The topological polar surface area (TPSA) is 20.2 Å². The zero-order valence-corrected chi connectivity index (χ0v) is 7.84. The maximum absolute atomic E-state index is 10.0. The van der Waals surface area contributed by atoms with Gasteiger partial charge in [0.2, 0.25) is 0 Å². The molecule has 0 atom stereocenters. The van der Waals surface area contributed by atoms with Gasteiger partial charge in [-0.1, -0.05) is 6.92 Å². The molecule has 1 fully saturated rings. The van der Waals surface area contributed by atoms with Crippen molar-refractivity contribution in [3.63, 3.8) is 0 Å². The maximum Gasteiger partial charge on any atom is 0.0657 e. The van der Waals surface area contributed by atoms with Crippen LogP contribution >= 0.6 is 0 Å². The zero-order valence-electron chi connectivity index (χ0n) is 7.84. The Morgan fingerprint density at radius 1 is 1.50 bits per heavy atom. The third-order valence-corrected chi connectivity index (χ3v) is 2.94. The summed E-state index contributed by atoms with van der Waals surface area (Å²) >= 11 is 0. The third kappa shape index (κ3) is 2.53. The molecule has 0 heterocycles. The molecule has 0 aromatic carbocycles. The van der Waals surface area contributed by atoms with E-state index in [1.54, 1.807) is 0 Å². The Hall–Kier alpha value is -0.480. The largest absolute Gasteiger partial charge is 0.390 e. The SMILES string of the molecule is C#CCCC1(O)CCC(C)CC1. The normalized spacial score (nSPS) is 35.9. The Morgan fingerprint density at radius 3 is 2.58 bits per heavy atom. The monoisotopic (exact) mass is 166 g/mol. The Bertz CT molecular complexity index is 170. The molecule has 0 bridgehead atoms. The molecule has 0 saturated heterocycles. The van der Waals surface area contributed by atoms with Crippen LogP contribution in [0.4, 0.5) is 0 Å². The van der Waals surface area contributed by atoms with Crippen molar-refractivity contribution in [2.45, 2.75) is 51.0 Å². The second kappa shape index (κ2) is 3.96. The van der Waals surface area contributed by atoms with E-state index >= 15 is 0 Å². The quantitative estimate of drug-likeness (QED) is 0.624. The molecule has 0 amide bonds. The predicted molar refractivity (Wildman–Crippen MR) is 50.6 cm³/mol. The van der Waals surface area contributed by atoms with E-state index in [0.29, 0.717) is 6.42 Å². The number of rotatable bonds is 2. The van der Waals surface area contributed by atoms with Crippen LogP contribution in [0.5, 0.6) is 0 Å². The highest BCUT2D eigenvalue weighted by Gasteiger charge is 2.30. The van der Waals surface area contributed by atoms with E-state index in [2.05, 4.69) is 12.8 Å². The molecule has 1 N–H and O–H groups in total. The molecule has 0 aromatic heterocycles. The Kier molecular flexibility index (Phi) is 3.17. The Morgan fingerprint density at radius 2 is 2.08 bits per heavy atom. The zero-order chi connectivity index (χ0) is 9.03. The number of terminal acetylenes is 1. The van der Waals surface area contributed by atoms with Crippen LogP contribution in [0.25, 0.3) is 0 Å². The van der Waals surface area contributed by atoms with Crippen molar-refractivity contribution in [2.75, 3.05) is 0 Å². The fourth-order valence-electron chi connectivity index (χ4n) is 1.85. The van der Waals surface area contributed by atoms with Crippen LogP contribution in [0.15, 0.2) is 0 Å². The molecule has 0 radical (unpaired) electrons. The van der Waals surface area contributed by atoms with E-state index in [1.807, 2.05) is 0 Å². The Labute approximate surface area is 75.2 Å². The standard InChI is InChI=1S/C11H18O/c1-3-4-7-11(12)8-5-10(2)6-9-11/h1,10,12H,4-9H2,2H3. The van der Waals surface area contributed by atoms with E-state index in [1.165, 1.54) is 0 Å². The summed E-state index contributed by atoms with van der Waals surface area (Å²) in [5.41, 5.74) is -0.432. The highest BCUT2D eigenvalue weighted by atomic mass is 16.3. The minimum atomic E-state index is -0.432. The van der Waals surface area contributed by atoms with Crippen LogP contribution in [0.3, 0.4) is 0 Å². The average Bonchev–Trinajstić information content (AvgIpc) is 2.08. The lowest BCUT2D eigenvalue weighted by Crippen LogP contribution is -2.33. The molecule has 0 aliphatic heterocycles. The fraction of sp³-hybridized carbons (Fsp3) is 0.818. The molecule has 1 saturated carbocycles. The van der Waals surface area contributed by atoms with Crippen LogP contribution in [0.1, 0.15) is 45.4 Å². The van der Waals surface area contributed by atoms with Gasteiger partial charge in [0.15, 0.2) is 0 Å². The highest BCUT2D eigenvalue weighted by molar-refractivity contribution is 4.91. The fourth-order valence-corrected chi connectivity index (χ4v) is 1.85. The van der Waals surface area contributed by atoms with Crippen molar-refractivity contribution in [2.24, 2.45) is 5.92 Å². The van der Waals surface area contributed by atoms with Crippen molar-refractivity contribution in [3.05, 3.63) is 0 Å². The summed E-state index contributed by atoms with van der Waals surface area (Å²) in [5, 5.41) is 10.0. The minimum absolute atomic E-state index is 0.432. The van der Waals surface area contributed by atoms with Crippen molar-refractivity contribution in [3.8, 4) is 12.3 Å². The first-order chi connectivity index (χ1) is 5.66. The van der Waals surface area contributed by atoms with Gasteiger partial charge in [-0.25, -0.2) is 0 Å². The van der Waals surface area contributed by atoms with Crippen LogP contribution in [0.2, 0.25) is 0 Å². The van der Waals surface area contributed by atoms with Gasteiger partial charge in [0, 0.05) is 6.42 Å². The highest BCUT2D eigenvalue weighted by Crippen LogP contribution is 2.34. The predicted octanol–water partition coefficient (Wildman–Crippen LogP) is 2.34. The summed E-state index contributed by atoms with van der Waals surface area (Å²) in [6.07, 6.45) is 10.9. The second-order valence-electron chi connectivity index (χ2n) is 4.11. The lowest BCUT2D eigenvalue weighted by atomic mass is 9.77. The molecular weight excluding hydrogens is 148 g/mol. The summed E-state index contributed by atoms with van der Waals surface area (Å²) in [5.74, 6) is 3.38. The number of hydrogen-bond acceptors (Lipinski definition) is 1. The molecule has 1 rings (SSSR count). The van der Waals surface area contributed by atoms with Crippen LogP contribution in [-0.4, -0.2) is 10.7 Å². The van der Waals surface area contributed by atoms with Gasteiger partial charge in [-0.15, -0.1) is 12.3 Å². The smallest absolute Gasteiger partial charge is 0.0657 e. The van der Waals surface area contributed by atoms with Gasteiger partial charge in [-0.05, 0) is 38.0 Å². The molecule has 0 spiro atoms. The molecule has 1 aliphatic rings. The van der Waals surface area contributed by atoms with E-state index in [0.717, 1.165) is 38.0 Å². The van der Waals surface area contributed by atoms with E-state index in [9.17, 15) is 5.11 Å². The van der Waals surface area contributed by atoms with Gasteiger partial charge in [-0.3, -0.25) is 0 Å². The molecular formula is C11H18O. The lowest BCUT2D eigenvalue weighted by Gasteiger charge is -2.34. The molecule has 0 unspecified atom stereocenters. The van der Waals surface area contributed by atoms with Crippen molar-refractivity contribution >= 4 is 0 Å². The third-order valence-electron chi connectivity index (χ3n) is 2.94. The van der Waals surface area contributed by atoms with E-state index in [4.69, 9.17) is 6.42 Å². The van der Waals surface area contributed by atoms with Crippen molar-refractivity contribution < 1.29 is 5.11 Å². The van der Waals surface area contributed by atoms with Crippen LogP contribution in [-0.2, 0) is 0 Å². The summed E-state index contributed by atoms with van der Waals surface area (Å²) in [7, 11) is 0. The molecule has 0 aromatic rings. The molecule has 68 valence electrons. The number of hydrogen-bond donors (Lipinski definition) is 1. The maximum atomic E-state index is 10.0. The van der Waals surface area contributed by atoms with Crippen LogP contribution in [0, 0.1) is 18.3 Å². The summed E-state index contributed by atoms with van der Waals surface area (Å²) in [4.78, 5) is 0. The molecule has 1 heteroatoms. The van der Waals surface area contributed by atoms with Crippen molar-refractivity contribution in [1.29, 1.82) is 0 Å². The minimum Gasteiger partial charge on any atom is -0.390 e. The van der Waals surface area contributed by atoms with Gasteiger partial charge in [0.1, 0.15) is 0 Å². The van der Waals surface area contributed by atoms with E-state index < -0.39 is 5.60 Å². The molecule has 1 nitrogen and oxygen atoms in total. The molecule has 1 aliphatic carbocycles. The van der Waals surface area contributed by atoms with Gasteiger partial charge in [0.25, 0.3) is 0 Å². The average molecular weight is 166 g/mol. The van der Waals surface area contributed by atoms with Gasteiger partial charge < -0.3 is 5.11 Å². The molecule has 12 heavy (non-hydrogen) atoms. The Balaban J connectivity index is 2.35. The first-order valence-electron chi connectivity index (χ1n) is 4.82. The van der Waals surface area contributed by atoms with Crippen LogP contribution < -0.4 is 0 Å². The van der Waals surface area contributed by atoms with Crippen molar-refractivity contribution in [1.82, 2.24) is 0 Å². The van der Waals surface area contributed by atoms with Gasteiger partial charge in [-0.2, -0.15) is 0 Å². The first kappa shape index (κ1) is 9.61. The summed E-state index contributed by atoms with van der Waals surface area (Å²) < 4.78 is 0. The lowest BCUT2D eigenvalue weighted by molar-refractivity contribution is -0.0131. The van der Waals surface area contributed by atoms with E-state index in [-0.39, 0.29) is 0 Å². The second-order valence-corrected chi connectivity index (χ2v) is 4.11. The number of aliphatic hydroxyl groups is 1. The van der Waals surface area contributed by atoms with Gasteiger partial charge >= 0.3 is 0 Å².